The van der Waals surface area contributed by atoms with Crippen molar-refractivity contribution in [1.29, 1.82) is 0 Å². The fourth-order valence-corrected chi connectivity index (χ4v) is 1.39. The van der Waals surface area contributed by atoms with Crippen molar-refractivity contribution >= 4 is 11.9 Å². The zero-order chi connectivity index (χ0) is 14.1. The van der Waals surface area contributed by atoms with Gasteiger partial charge in [0.05, 0.1) is 6.61 Å². The Balaban J connectivity index is 2.31. The van der Waals surface area contributed by atoms with Crippen LogP contribution in [0.3, 0.4) is 0 Å². The Hall–Kier alpha value is -2.32. The van der Waals surface area contributed by atoms with E-state index in [-0.39, 0.29) is 13.0 Å². The summed E-state index contributed by atoms with van der Waals surface area (Å²) in [5.74, 6) is 0.541. The maximum atomic E-state index is 11.5. The lowest BCUT2D eigenvalue weighted by Gasteiger charge is -2.11. The molecule has 0 aliphatic carbocycles. The largest absolute Gasteiger partial charge is 0.480 e. The first-order valence-corrected chi connectivity index (χ1v) is 5.70. The van der Waals surface area contributed by atoms with Crippen molar-refractivity contribution in [3.63, 3.8) is 0 Å². The van der Waals surface area contributed by atoms with Crippen LogP contribution in [0.1, 0.15) is 12.0 Å². The van der Waals surface area contributed by atoms with Crippen LogP contribution in [0.5, 0.6) is 0 Å². The topological polar surface area (TPSA) is 75.6 Å². The van der Waals surface area contributed by atoms with Crippen molar-refractivity contribution in [3.8, 4) is 12.3 Å². The van der Waals surface area contributed by atoms with E-state index in [0.717, 1.165) is 5.56 Å². The minimum absolute atomic E-state index is 0.0558. The molecule has 0 saturated carbocycles. The zero-order valence-corrected chi connectivity index (χ0v) is 10.3. The summed E-state index contributed by atoms with van der Waals surface area (Å²) in [6.07, 6.45) is 4.97. The first-order chi connectivity index (χ1) is 9.13. The Labute approximate surface area is 111 Å². The predicted octanol–water partition coefficient (Wildman–Crippen LogP) is 0.796. The summed E-state index contributed by atoms with van der Waals surface area (Å²) in [4.78, 5) is 22.2. The lowest BCUT2D eigenvalue weighted by Crippen LogP contribution is -2.42. The monoisotopic (exact) mass is 261 g/mol. The molecule has 0 aromatic heterocycles. The molecular weight excluding hydrogens is 246 g/mol. The molecule has 0 saturated heterocycles. The molecule has 0 heterocycles. The molecular formula is C14H15NO4. The van der Waals surface area contributed by atoms with Gasteiger partial charge in [-0.2, -0.15) is 0 Å². The Bertz CT molecular complexity index is 464. The molecule has 0 bridgehead atoms. The van der Waals surface area contributed by atoms with Crippen LogP contribution in [0.2, 0.25) is 0 Å². The normalized spacial score (nSPS) is 11.3. The number of terminal acetylenes is 1. The molecule has 19 heavy (non-hydrogen) atoms. The molecule has 1 aromatic rings. The summed E-state index contributed by atoms with van der Waals surface area (Å²) in [5, 5.41) is 11.1. The number of amides is 1. The van der Waals surface area contributed by atoms with Crippen molar-refractivity contribution in [1.82, 2.24) is 5.32 Å². The zero-order valence-electron chi connectivity index (χ0n) is 10.3. The maximum absolute atomic E-state index is 11.5. The molecule has 5 heteroatoms. The van der Waals surface area contributed by atoms with Crippen molar-refractivity contribution in [2.75, 3.05) is 6.61 Å². The molecule has 1 atom stereocenters. The Morgan fingerprint density at radius 2 is 2.05 bits per heavy atom. The standard InChI is InChI=1S/C14H15NO4/c1-2-6-12(14(17)18)15-13(16)10-19-9-11-7-4-3-5-8-11/h1,3-5,7-8,12H,6,9-10H2,(H,15,16)(H,17,18)/t12-/m1/s1. The van der Waals surface area contributed by atoms with Gasteiger partial charge in [-0.3, -0.25) is 4.79 Å². The highest BCUT2D eigenvalue weighted by molar-refractivity contribution is 5.84. The van der Waals surface area contributed by atoms with Gasteiger partial charge < -0.3 is 15.2 Å². The highest BCUT2D eigenvalue weighted by atomic mass is 16.5. The van der Waals surface area contributed by atoms with Crippen molar-refractivity contribution < 1.29 is 19.4 Å². The van der Waals surface area contributed by atoms with Gasteiger partial charge in [0.2, 0.25) is 5.91 Å². The summed E-state index contributed by atoms with van der Waals surface area (Å²) >= 11 is 0. The van der Waals surface area contributed by atoms with Gasteiger partial charge in [-0.05, 0) is 5.56 Å². The van der Waals surface area contributed by atoms with E-state index in [1.54, 1.807) is 0 Å². The second-order valence-electron chi connectivity index (χ2n) is 3.84. The van der Waals surface area contributed by atoms with Crippen LogP contribution in [-0.2, 0) is 20.9 Å². The fraction of sp³-hybridized carbons (Fsp3) is 0.286. The Kier molecular flexibility index (Phi) is 6.13. The number of ether oxygens (including phenoxy) is 1. The van der Waals surface area contributed by atoms with E-state index in [2.05, 4.69) is 11.2 Å². The molecule has 0 spiro atoms. The molecule has 1 amide bonds. The number of carbonyl (C=O) groups is 2. The van der Waals surface area contributed by atoms with Crippen LogP contribution in [0.25, 0.3) is 0 Å². The highest BCUT2D eigenvalue weighted by Crippen LogP contribution is 2.00. The Morgan fingerprint density at radius 3 is 2.63 bits per heavy atom. The quantitative estimate of drug-likeness (QED) is 0.712. The van der Waals surface area contributed by atoms with Gasteiger partial charge in [0.1, 0.15) is 12.6 Å². The van der Waals surface area contributed by atoms with Crippen LogP contribution in [-0.4, -0.2) is 29.6 Å². The van der Waals surface area contributed by atoms with Gasteiger partial charge in [-0.1, -0.05) is 30.3 Å². The smallest absolute Gasteiger partial charge is 0.327 e. The van der Waals surface area contributed by atoms with E-state index < -0.39 is 17.9 Å². The molecule has 0 aliphatic rings. The minimum atomic E-state index is -1.16. The highest BCUT2D eigenvalue weighted by Gasteiger charge is 2.18. The Morgan fingerprint density at radius 1 is 1.37 bits per heavy atom. The van der Waals surface area contributed by atoms with Gasteiger partial charge >= 0.3 is 5.97 Å². The molecule has 0 aliphatic heterocycles. The fourth-order valence-electron chi connectivity index (χ4n) is 1.39. The first kappa shape index (κ1) is 14.7. The molecule has 0 unspecified atom stereocenters. The number of carbonyl (C=O) groups excluding carboxylic acids is 1. The average molecular weight is 261 g/mol. The van der Waals surface area contributed by atoms with E-state index in [1.807, 2.05) is 30.3 Å². The lowest BCUT2D eigenvalue weighted by molar-refractivity contribution is -0.142. The van der Waals surface area contributed by atoms with Crippen LogP contribution < -0.4 is 5.32 Å². The number of rotatable bonds is 7. The van der Waals surface area contributed by atoms with Gasteiger partial charge in [0, 0.05) is 6.42 Å². The molecule has 2 N–H and O–H groups in total. The second-order valence-corrected chi connectivity index (χ2v) is 3.84. The summed E-state index contributed by atoms with van der Waals surface area (Å²) in [6, 6.07) is 8.29. The van der Waals surface area contributed by atoms with Crippen LogP contribution in [0.4, 0.5) is 0 Å². The van der Waals surface area contributed by atoms with Gasteiger partial charge in [0.15, 0.2) is 0 Å². The van der Waals surface area contributed by atoms with Gasteiger partial charge in [-0.25, -0.2) is 4.79 Å². The van der Waals surface area contributed by atoms with Gasteiger partial charge in [0.25, 0.3) is 0 Å². The van der Waals surface area contributed by atoms with E-state index >= 15 is 0 Å². The number of nitrogens with one attached hydrogen (secondary N) is 1. The number of carboxylic acids is 1. The maximum Gasteiger partial charge on any atom is 0.327 e. The number of aliphatic carboxylic acids is 1. The van der Waals surface area contributed by atoms with Crippen LogP contribution in [0, 0.1) is 12.3 Å². The average Bonchev–Trinajstić information content (AvgIpc) is 2.39. The molecule has 1 rings (SSSR count). The third-order valence-corrected chi connectivity index (χ3v) is 2.30. The number of carboxylic acid groups (broad SMARTS) is 1. The number of benzene rings is 1. The molecule has 5 nitrogen and oxygen atoms in total. The third-order valence-electron chi connectivity index (χ3n) is 2.30. The van der Waals surface area contributed by atoms with Gasteiger partial charge in [-0.15, -0.1) is 12.3 Å². The first-order valence-electron chi connectivity index (χ1n) is 5.70. The number of hydrogen-bond acceptors (Lipinski definition) is 3. The molecule has 1 aromatic carbocycles. The predicted molar refractivity (Wildman–Crippen MR) is 69.1 cm³/mol. The SMILES string of the molecule is C#CC[C@@H](NC(=O)COCc1ccccc1)C(=O)O. The molecule has 0 radical (unpaired) electrons. The summed E-state index contributed by atoms with van der Waals surface area (Å²) < 4.78 is 5.18. The molecule has 0 fully saturated rings. The van der Waals surface area contributed by atoms with E-state index in [0.29, 0.717) is 6.61 Å². The van der Waals surface area contributed by atoms with E-state index in [9.17, 15) is 9.59 Å². The second kappa shape index (κ2) is 7.90. The van der Waals surface area contributed by atoms with E-state index in [1.165, 1.54) is 0 Å². The third kappa shape index (κ3) is 5.70. The summed E-state index contributed by atoms with van der Waals surface area (Å²) in [6.45, 7) is 0.0877. The number of hydrogen-bond donors (Lipinski definition) is 2. The summed E-state index contributed by atoms with van der Waals surface area (Å²) in [7, 11) is 0. The van der Waals surface area contributed by atoms with Crippen molar-refractivity contribution in [2.24, 2.45) is 0 Å². The molecule has 100 valence electrons. The summed E-state index contributed by atoms with van der Waals surface area (Å²) in [5.41, 5.74) is 0.939. The van der Waals surface area contributed by atoms with Crippen molar-refractivity contribution in [3.05, 3.63) is 35.9 Å². The minimum Gasteiger partial charge on any atom is -0.480 e. The van der Waals surface area contributed by atoms with Crippen molar-refractivity contribution in [2.45, 2.75) is 19.1 Å². The van der Waals surface area contributed by atoms with Crippen LogP contribution >= 0.6 is 0 Å². The lowest BCUT2D eigenvalue weighted by atomic mass is 10.2. The van der Waals surface area contributed by atoms with Crippen LogP contribution in [0.15, 0.2) is 30.3 Å². The van der Waals surface area contributed by atoms with E-state index in [4.69, 9.17) is 16.3 Å².